The number of amides is 2. The predicted molar refractivity (Wildman–Crippen MR) is 104 cm³/mol. The SMILES string of the molecule is COc1ccc(NC(=O)C[NH+](C)CC(=O)N(C)Cc2sccc2C)cc1. The number of ether oxygens (including phenoxy) is 1. The van der Waals surface area contributed by atoms with E-state index < -0.39 is 0 Å². The first kappa shape index (κ1) is 19.9. The minimum absolute atomic E-state index is 0.0209. The standard InChI is InChI=1S/C19H25N3O3S/c1-14-9-10-26-17(14)11-22(3)19(24)13-21(2)12-18(23)20-15-5-7-16(25-4)8-6-15/h5-10H,11-13H2,1-4H3,(H,20,23)/p+1. The first-order valence-corrected chi connectivity index (χ1v) is 9.29. The molecule has 2 amide bonds. The molecule has 140 valence electrons. The van der Waals surface area contributed by atoms with Crippen molar-refractivity contribution in [2.45, 2.75) is 13.5 Å². The second-order valence-electron chi connectivity index (χ2n) is 6.36. The molecule has 0 radical (unpaired) electrons. The van der Waals surface area contributed by atoms with Gasteiger partial charge in [-0.1, -0.05) is 0 Å². The molecule has 6 nitrogen and oxygen atoms in total. The van der Waals surface area contributed by atoms with Crippen molar-refractivity contribution in [2.75, 3.05) is 39.6 Å². The molecule has 0 saturated heterocycles. The van der Waals surface area contributed by atoms with E-state index in [0.717, 1.165) is 10.6 Å². The van der Waals surface area contributed by atoms with Gasteiger partial charge in [-0.15, -0.1) is 11.3 Å². The Morgan fingerprint density at radius 3 is 2.46 bits per heavy atom. The number of hydrogen-bond acceptors (Lipinski definition) is 4. The van der Waals surface area contributed by atoms with Crippen LogP contribution in [0.2, 0.25) is 0 Å². The molecule has 1 aromatic carbocycles. The summed E-state index contributed by atoms with van der Waals surface area (Å²) in [5.41, 5.74) is 1.91. The lowest BCUT2D eigenvalue weighted by Gasteiger charge is -2.19. The van der Waals surface area contributed by atoms with E-state index in [1.165, 1.54) is 10.4 Å². The van der Waals surface area contributed by atoms with Gasteiger partial charge in [-0.25, -0.2) is 0 Å². The predicted octanol–water partition coefficient (Wildman–Crippen LogP) is 1.18. The number of nitrogens with one attached hydrogen (secondary N) is 2. The summed E-state index contributed by atoms with van der Waals surface area (Å²) in [6, 6.07) is 9.20. The highest BCUT2D eigenvalue weighted by Crippen LogP contribution is 2.17. The second kappa shape index (κ2) is 9.35. The number of methoxy groups -OCH3 is 1. The van der Waals surface area contributed by atoms with E-state index in [4.69, 9.17) is 4.74 Å². The summed E-state index contributed by atoms with van der Waals surface area (Å²) < 4.78 is 5.09. The Morgan fingerprint density at radius 2 is 1.88 bits per heavy atom. The van der Waals surface area contributed by atoms with Crippen LogP contribution in [0.1, 0.15) is 10.4 Å². The summed E-state index contributed by atoms with van der Waals surface area (Å²) >= 11 is 1.65. The van der Waals surface area contributed by atoms with Crippen molar-refractivity contribution >= 4 is 28.8 Å². The maximum Gasteiger partial charge on any atom is 0.279 e. The zero-order chi connectivity index (χ0) is 19.1. The van der Waals surface area contributed by atoms with Crippen molar-refractivity contribution in [1.82, 2.24) is 4.90 Å². The quantitative estimate of drug-likeness (QED) is 0.727. The van der Waals surface area contributed by atoms with E-state index in [1.807, 2.05) is 19.4 Å². The highest BCUT2D eigenvalue weighted by Gasteiger charge is 2.18. The Labute approximate surface area is 158 Å². The van der Waals surface area contributed by atoms with Crippen molar-refractivity contribution in [1.29, 1.82) is 0 Å². The van der Waals surface area contributed by atoms with Crippen LogP contribution >= 0.6 is 11.3 Å². The Balaban J connectivity index is 1.79. The Hall–Kier alpha value is -2.38. The fourth-order valence-corrected chi connectivity index (χ4v) is 3.44. The fraction of sp³-hybridized carbons (Fsp3) is 0.368. The molecule has 0 bridgehead atoms. The van der Waals surface area contributed by atoms with E-state index in [-0.39, 0.29) is 24.9 Å². The van der Waals surface area contributed by atoms with Gasteiger partial charge >= 0.3 is 0 Å². The Morgan fingerprint density at radius 1 is 1.19 bits per heavy atom. The van der Waals surface area contributed by atoms with Crippen molar-refractivity contribution in [3.05, 3.63) is 46.2 Å². The summed E-state index contributed by atoms with van der Waals surface area (Å²) in [5, 5.41) is 4.86. The third-order valence-corrected chi connectivity index (χ3v) is 5.07. The van der Waals surface area contributed by atoms with Gasteiger partial charge in [-0.3, -0.25) is 9.59 Å². The summed E-state index contributed by atoms with van der Waals surface area (Å²) in [4.78, 5) is 28.3. The minimum Gasteiger partial charge on any atom is -0.497 e. The topological polar surface area (TPSA) is 63.1 Å². The van der Waals surface area contributed by atoms with Crippen molar-refractivity contribution < 1.29 is 19.2 Å². The first-order chi connectivity index (χ1) is 12.4. The number of benzene rings is 1. The van der Waals surface area contributed by atoms with E-state index in [1.54, 1.807) is 54.7 Å². The van der Waals surface area contributed by atoms with Crippen LogP contribution in [0.5, 0.6) is 5.75 Å². The number of carbonyl (C=O) groups excluding carboxylic acids is 2. The number of carbonyl (C=O) groups is 2. The van der Waals surface area contributed by atoms with Crippen LogP contribution in [-0.4, -0.2) is 51.0 Å². The summed E-state index contributed by atoms with van der Waals surface area (Å²) in [6.07, 6.45) is 0. The lowest BCUT2D eigenvalue weighted by Crippen LogP contribution is -3.11. The van der Waals surface area contributed by atoms with Gasteiger partial charge in [0.15, 0.2) is 13.1 Å². The Kier molecular flexibility index (Phi) is 7.17. The zero-order valence-electron chi connectivity index (χ0n) is 15.7. The minimum atomic E-state index is -0.128. The molecule has 1 unspecified atom stereocenters. The van der Waals surface area contributed by atoms with Crippen LogP contribution in [0.4, 0.5) is 5.69 Å². The number of nitrogens with zero attached hydrogens (tertiary/aromatic N) is 1. The molecule has 2 rings (SSSR count). The molecular formula is C19H26N3O3S+. The van der Waals surface area contributed by atoms with E-state index in [2.05, 4.69) is 11.4 Å². The normalized spacial score (nSPS) is 11.7. The first-order valence-electron chi connectivity index (χ1n) is 8.41. The van der Waals surface area contributed by atoms with Crippen LogP contribution in [0.25, 0.3) is 0 Å². The maximum absolute atomic E-state index is 12.4. The number of rotatable bonds is 8. The number of thiophene rings is 1. The summed E-state index contributed by atoms with van der Waals surface area (Å²) in [6.45, 7) is 3.15. The van der Waals surface area contributed by atoms with Crippen LogP contribution in [0, 0.1) is 6.92 Å². The smallest absolute Gasteiger partial charge is 0.279 e. The average molecular weight is 377 g/mol. The molecule has 1 atom stereocenters. The lowest BCUT2D eigenvalue weighted by molar-refractivity contribution is -0.862. The van der Waals surface area contributed by atoms with Crippen LogP contribution in [-0.2, 0) is 16.1 Å². The van der Waals surface area contributed by atoms with Gasteiger partial charge in [-0.05, 0) is 48.2 Å². The largest absolute Gasteiger partial charge is 0.497 e. The van der Waals surface area contributed by atoms with Crippen molar-refractivity contribution in [2.24, 2.45) is 0 Å². The maximum atomic E-state index is 12.4. The lowest BCUT2D eigenvalue weighted by atomic mass is 10.3. The molecule has 0 aliphatic rings. The number of hydrogen-bond donors (Lipinski definition) is 2. The number of aryl methyl sites for hydroxylation is 1. The third-order valence-electron chi connectivity index (χ3n) is 4.06. The molecule has 1 aromatic heterocycles. The summed E-state index contributed by atoms with van der Waals surface area (Å²) in [5.74, 6) is 0.630. The monoisotopic (exact) mass is 376 g/mol. The number of anilines is 1. The third kappa shape index (κ3) is 5.86. The molecule has 0 spiro atoms. The van der Waals surface area contributed by atoms with Crippen LogP contribution in [0.3, 0.4) is 0 Å². The molecular weight excluding hydrogens is 350 g/mol. The molecule has 0 fully saturated rings. The van der Waals surface area contributed by atoms with Gasteiger partial charge in [-0.2, -0.15) is 0 Å². The van der Waals surface area contributed by atoms with Gasteiger partial charge < -0.3 is 19.9 Å². The molecule has 7 heteroatoms. The van der Waals surface area contributed by atoms with E-state index in [9.17, 15) is 9.59 Å². The van der Waals surface area contributed by atoms with Gasteiger partial charge in [0.2, 0.25) is 0 Å². The molecule has 1 heterocycles. The second-order valence-corrected chi connectivity index (χ2v) is 7.36. The van der Waals surface area contributed by atoms with Gasteiger partial charge in [0, 0.05) is 17.6 Å². The highest BCUT2D eigenvalue weighted by atomic mass is 32.1. The Bertz CT molecular complexity index is 743. The number of likely N-dealkylation sites (N-methyl/N-ethyl adjacent to an activating group) is 2. The molecule has 2 N–H and O–H groups in total. The van der Waals surface area contributed by atoms with E-state index in [0.29, 0.717) is 12.2 Å². The molecule has 2 aromatic rings. The van der Waals surface area contributed by atoms with Gasteiger partial charge in [0.1, 0.15) is 5.75 Å². The van der Waals surface area contributed by atoms with Crippen LogP contribution < -0.4 is 15.0 Å². The number of quaternary nitrogens is 1. The molecule has 0 saturated carbocycles. The van der Waals surface area contributed by atoms with Crippen molar-refractivity contribution in [3.63, 3.8) is 0 Å². The molecule has 26 heavy (non-hydrogen) atoms. The van der Waals surface area contributed by atoms with E-state index >= 15 is 0 Å². The highest BCUT2D eigenvalue weighted by molar-refractivity contribution is 7.10. The van der Waals surface area contributed by atoms with Gasteiger partial charge in [0.25, 0.3) is 11.8 Å². The van der Waals surface area contributed by atoms with Gasteiger partial charge in [0.05, 0.1) is 20.7 Å². The summed E-state index contributed by atoms with van der Waals surface area (Å²) in [7, 11) is 5.24. The molecule has 0 aliphatic carbocycles. The average Bonchev–Trinajstić information content (AvgIpc) is 3.00. The van der Waals surface area contributed by atoms with Crippen molar-refractivity contribution in [3.8, 4) is 5.75 Å². The van der Waals surface area contributed by atoms with Crippen LogP contribution in [0.15, 0.2) is 35.7 Å². The molecule has 0 aliphatic heterocycles. The zero-order valence-corrected chi connectivity index (χ0v) is 16.5. The fourth-order valence-electron chi connectivity index (χ4n) is 2.48.